The number of rotatable bonds is 5. The topological polar surface area (TPSA) is 61.3 Å². The van der Waals surface area contributed by atoms with Crippen molar-refractivity contribution in [2.45, 2.75) is 18.9 Å². The Bertz CT molecular complexity index is 323. The molecule has 92 valence electrons. The summed E-state index contributed by atoms with van der Waals surface area (Å²) in [5.41, 5.74) is 12.2. The molecule has 0 aliphatic carbocycles. The van der Waals surface area contributed by atoms with Gasteiger partial charge in [-0.3, -0.25) is 0 Å². The lowest BCUT2D eigenvalue weighted by atomic mass is 10.0. The van der Waals surface area contributed by atoms with Gasteiger partial charge in [-0.1, -0.05) is 6.07 Å². The molecule has 0 unspecified atom stereocenters. The van der Waals surface area contributed by atoms with Gasteiger partial charge in [-0.15, -0.1) is 12.4 Å². The van der Waals surface area contributed by atoms with Crippen LogP contribution < -0.4 is 16.2 Å². The average Bonchev–Trinajstić information content (AvgIpc) is 2.26. The van der Waals surface area contributed by atoms with E-state index in [1.54, 1.807) is 12.1 Å². The molecular formula is C11H18ClFN2O. The predicted octanol–water partition coefficient (Wildman–Crippen LogP) is 1.99. The molecule has 4 N–H and O–H groups in total. The van der Waals surface area contributed by atoms with E-state index in [0.717, 1.165) is 18.4 Å². The molecule has 0 heterocycles. The largest absolute Gasteiger partial charge is 0.494 e. The van der Waals surface area contributed by atoms with E-state index in [1.807, 2.05) is 0 Å². The van der Waals surface area contributed by atoms with Gasteiger partial charge in [-0.05, 0) is 37.1 Å². The Kier molecular flexibility index (Phi) is 7.05. The van der Waals surface area contributed by atoms with Crippen LogP contribution >= 0.6 is 12.4 Å². The number of ether oxygens (including phenoxy) is 1. The van der Waals surface area contributed by atoms with E-state index in [9.17, 15) is 4.39 Å². The standard InChI is InChI=1S/C11H17FN2O.ClH/c1-15-11-7-8(4-5-9(11)12)10(14)3-2-6-13;/h4-5,7,10H,2-3,6,13-14H2,1H3;1H/t10-;/m1./s1. The van der Waals surface area contributed by atoms with Crippen LogP contribution in [0.3, 0.4) is 0 Å². The maximum atomic E-state index is 13.1. The molecule has 1 rings (SSSR count). The third kappa shape index (κ3) is 3.96. The first-order chi connectivity index (χ1) is 7.19. The molecular weight excluding hydrogens is 231 g/mol. The van der Waals surface area contributed by atoms with Crippen molar-refractivity contribution in [3.63, 3.8) is 0 Å². The first-order valence-electron chi connectivity index (χ1n) is 4.98. The second-order valence-corrected chi connectivity index (χ2v) is 3.43. The summed E-state index contributed by atoms with van der Waals surface area (Å²) in [6, 6.07) is 4.58. The maximum Gasteiger partial charge on any atom is 0.165 e. The van der Waals surface area contributed by atoms with Crippen molar-refractivity contribution in [1.29, 1.82) is 0 Å². The molecule has 0 saturated carbocycles. The van der Waals surface area contributed by atoms with Gasteiger partial charge in [-0.2, -0.15) is 0 Å². The molecule has 0 aliphatic rings. The first kappa shape index (κ1) is 15.2. The molecule has 0 fully saturated rings. The van der Waals surface area contributed by atoms with Crippen LogP contribution in [0.15, 0.2) is 18.2 Å². The predicted molar refractivity (Wildman–Crippen MR) is 65.4 cm³/mol. The molecule has 0 spiro atoms. The molecule has 0 radical (unpaired) electrons. The van der Waals surface area contributed by atoms with Crippen LogP contribution in [-0.2, 0) is 0 Å². The monoisotopic (exact) mass is 248 g/mol. The molecule has 0 saturated heterocycles. The SMILES string of the molecule is COc1cc([C@H](N)CCCN)ccc1F.Cl. The van der Waals surface area contributed by atoms with Crippen molar-refractivity contribution in [3.05, 3.63) is 29.6 Å². The number of methoxy groups -OCH3 is 1. The number of halogens is 2. The second-order valence-electron chi connectivity index (χ2n) is 3.43. The molecule has 16 heavy (non-hydrogen) atoms. The summed E-state index contributed by atoms with van der Waals surface area (Å²) in [5, 5.41) is 0. The van der Waals surface area contributed by atoms with Crippen LogP contribution in [0.5, 0.6) is 5.75 Å². The summed E-state index contributed by atoms with van der Waals surface area (Å²) in [6.07, 6.45) is 1.66. The molecule has 0 bridgehead atoms. The van der Waals surface area contributed by atoms with Gasteiger partial charge >= 0.3 is 0 Å². The quantitative estimate of drug-likeness (QED) is 0.838. The number of hydrogen-bond donors (Lipinski definition) is 2. The Labute approximate surface area is 101 Å². The molecule has 3 nitrogen and oxygen atoms in total. The average molecular weight is 249 g/mol. The van der Waals surface area contributed by atoms with Gasteiger partial charge in [0.25, 0.3) is 0 Å². The van der Waals surface area contributed by atoms with Crippen molar-refractivity contribution in [2.24, 2.45) is 11.5 Å². The summed E-state index contributed by atoms with van der Waals surface area (Å²) in [4.78, 5) is 0. The van der Waals surface area contributed by atoms with Crippen LogP contribution in [0.1, 0.15) is 24.4 Å². The van der Waals surface area contributed by atoms with Crippen molar-refractivity contribution in [2.75, 3.05) is 13.7 Å². The van der Waals surface area contributed by atoms with Gasteiger partial charge in [0.1, 0.15) is 0 Å². The molecule has 0 aliphatic heterocycles. The van der Waals surface area contributed by atoms with Crippen LogP contribution in [0.2, 0.25) is 0 Å². The van der Waals surface area contributed by atoms with Gasteiger partial charge in [-0.25, -0.2) is 4.39 Å². The minimum atomic E-state index is -0.368. The van der Waals surface area contributed by atoms with E-state index in [4.69, 9.17) is 16.2 Å². The normalized spacial score (nSPS) is 11.8. The zero-order valence-electron chi connectivity index (χ0n) is 9.28. The van der Waals surface area contributed by atoms with Crippen molar-refractivity contribution in [3.8, 4) is 5.75 Å². The number of nitrogens with two attached hydrogens (primary N) is 2. The second kappa shape index (κ2) is 7.44. The Morgan fingerprint density at radius 3 is 2.69 bits per heavy atom. The van der Waals surface area contributed by atoms with E-state index in [2.05, 4.69) is 0 Å². The Morgan fingerprint density at radius 1 is 1.44 bits per heavy atom. The molecule has 1 aromatic carbocycles. The van der Waals surface area contributed by atoms with Crippen LogP contribution in [-0.4, -0.2) is 13.7 Å². The Hall–Kier alpha value is -0.840. The first-order valence-corrected chi connectivity index (χ1v) is 4.98. The highest BCUT2D eigenvalue weighted by molar-refractivity contribution is 5.85. The number of benzene rings is 1. The number of hydrogen-bond acceptors (Lipinski definition) is 3. The summed E-state index contributed by atoms with van der Waals surface area (Å²) >= 11 is 0. The van der Waals surface area contributed by atoms with E-state index < -0.39 is 0 Å². The fourth-order valence-electron chi connectivity index (χ4n) is 1.41. The molecule has 1 aromatic rings. The smallest absolute Gasteiger partial charge is 0.165 e. The van der Waals surface area contributed by atoms with Crippen LogP contribution in [0.25, 0.3) is 0 Å². The highest BCUT2D eigenvalue weighted by Crippen LogP contribution is 2.23. The van der Waals surface area contributed by atoms with E-state index in [-0.39, 0.29) is 30.0 Å². The van der Waals surface area contributed by atoms with Crippen molar-refractivity contribution >= 4 is 12.4 Å². The summed E-state index contributed by atoms with van der Waals surface area (Å²) in [7, 11) is 1.44. The molecule has 0 aromatic heterocycles. The van der Waals surface area contributed by atoms with E-state index in [0.29, 0.717) is 6.54 Å². The lowest BCUT2D eigenvalue weighted by molar-refractivity contribution is 0.385. The maximum absolute atomic E-state index is 13.1. The zero-order chi connectivity index (χ0) is 11.3. The Balaban J connectivity index is 0.00000225. The summed E-state index contributed by atoms with van der Waals surface area (Å²) in [6.45, 7) is 0.617. The van der Waals surface area contributed by atoms with Crippen molar-refractivity contribution < 1.29 is 9.13 Å². The van der Waals surface area contributed by atoms with Crippen LogP contribution in [0, 0.1) is 5.82 Å². The van der Waals surface area contributed by atoms with Gasteiger partial charge in [0.05, 0.1) is 7.11 Å². The molecule has 5 heteroatoms. The van der Waals surface area contributed by atoms with Gasteiger partial charge < -0.3 is 16.2 Å². The summed E-state index contributed by atoms with van der Waals surface area (Å²) < 4.78 is 18.0. The third-order valence-electron chi connectivity index (χ3n) is 2.32. The van der Waals surface area contributed by atoms with Gasteiger partial charge in [0.15, 0.2) is 11.6 Å². The van der Waals surface area contributed by atoms with E-state index in [1.165, 1.54) is 13.2 Å². The molecule has 1 atom stereocenters. The third-order valence-corrected chi connectivity index (χ3v) is 2.32. The van der Waals surface area contributed by atoms with Crippen LogP contribution in [0.4, 0.5) is 4.39 Å². The van der Waals surface area contributed by atoms with Gasteiger partial charge in [0.2, 0.25) is 0 Å². The lowest BCUT2D eigenvalue weighted by Crippen LogP contribution is -2.12. The summed E-state index contributed by atoms with van der Waals surface area (Å²) in [5.74, 6) is -0.136. The highest BCUT2D eigenvalue weighted by atomic mass is 35.5. The fourth-order valence-corrected chi connectivity index (χ4v) is 1.41. The zero-order valence-corrected chi connectivity index (χ0v) is 10.1. The Morgan fingerprint density at radius 2 is 2.12 bits per heavy atom. The highest BCUT2D eigenvalue weighted by Gasteiger charge is 2.09. The fraction of sp³-hybridized carbons (Fsp3) is 0.455. The minimum Gasteiger partial charge on any atom is -0.494 e. The van der Waals surface area contributed by atoms with Gasteiger partial charge in [0, 0.05) is 6.04 Å². The molecule has 0 amide bonds. The van der Waals surface area contributed by atoms with Crippen molar-refractivity contribution in [1.82, 2.24) is 0 Å². The van der Waals surface area contributed by atoms with E-state index >= 15 is 0 Å². The minimum absolute atomic E-state index is 0. The lowest BCUT2D eigenvalue weighted by Gasteiger charge is -2.12.